The Morgan fingerprint density at radius 3 is 2.63 bits per heavy atom. The lowest BCUT2D eigenvalue weighted by Crippen LogP contribution is -2.04. The first-order valence-electron chi connectivity index (χ1n) is 5.70. The molecule has 0 aliphatic rings. The average Bonchev–Trinajstić information content (AvgIpc) is 2.31. The van der Waals surface area contributed by atoms with Gasteiger partial charge in [0.2, 0.25) is 0 Å². The van der Waals surface area contributed by atoms with E-state index in [0.717, 1.165) is 5.56 Å². The largest absolute Gasteiger partial charge is 0.294 e. The second kappa shape index (κ2) is 5.85. The van der Waals surface area contributed by atoms with E-state index in [0.29, 0.717) is 20.6 Å². The molecule has 2 aromatic carbocycles. The number of carbonyl (C=O) groups excluding carboxylic acids is 1. The molecule has 19 heavy (non-hydrogen) atoms. The Morgan fingerprint density at radius 2 is 2.00 bits per heavy atom. The Morgan fingerprint density at radius 1 is 1.26 bits per heavy atom. The second-order valence-corrected chi connectivity index (χ2v) is 5.66. The molecule has 1 nitrogen and oxygen atoms in total. The summed E-state index contributed by atoms with van der Waals surface area (Å²) < 4.78 is 13.9. The molecule has 0 aliphatic heterocycles. The molecule has 0 spiro atoms. The van der Waals surface area contributed by atoms with Gasteiger partial charge in [-0.05, 0) is 54.4 Å². The first-order chi connectivity index (χ1) is 8.95. The molecule has 4 heteroatoms. The van der Waals surface area contributed by atoms with E-state index in [9.17, 15) is 9.18 Å². The molecule has 0 bridgehead atoms. The molecule has 0 N–H and O–H groups in total. The Labute approximate surface area is 124 Å². The normalized spacial score (nSPS) is 10.5. The predicted octanol–water partition coefficient (Wildman–Crippen LogP) is 4.98. The molecule has 0 atom stereocenters. The van der Waals surface area contributed by atoms with Gasteiger partial charge in [0.25, 0.3) is 0 Å². The van der Waals surface area contributed by atoms with Crippen molar-refractivity contribution in [3.63, 3.8) is 0 Å². The minimum absolute atomic E-state index is 0.0581. The van der Waals surface area contributed by atoms with Gasteiger partial charge in [0.1, 0.15) is 5.82 Å². The van der Waals surface area contributed by atoms with Gasteiger partial charge in [0, 0.05) is 21.5 Å². The first kappa shape index (κ1) is 14.2. The van der Waals surface area contributed by atoms with Gasteiger partial charge < -0.3 is 0 Å². The van der Waals surface area contributed by atoms with Crippen molar-refractivity contribution in [2.75, 3.05) is 0 Å². The van der Waals surface area contributed by atoms with E-state index < -0.39 is 0 Å². The van der Waals surface area contributed by atoms with Crippen molar-refractivity contribution in [3.8, 4) is 0 Å². The molecule has 2 aromatic rings. The Balaban J connectivity index is 2.22. The van der Waals surface area contributed by atoms with E-state index in [1.165, 1.54) is 12.1 Å². The number of ketones is 1. The lowest BCUT2D eigenvalue weighted by atomic mass is 10.0. The SMILES string of the molecule is Cc1cc(C(=O)Cc2cc(F)cc(Br)c2)ccc1Cl. The van der Waals surface area contributed by atoms with Crippen LogP contribution in [-0.2, 0) is 6.42 Å². The molecule has 0 amide bonds. The topological polar surface area (TPSA) is 17.1 Å². The van der Waals surface area contributed by atoms with Crippen molar-refractivity contribution >= 4 is 33.3 Å². The molecule has 0 saturated heterocycles. The summed E-state index contributed by atoms with van der Waals surface area (Å²) in [6.07, 6.45) is 0.164. The third-order valence-electron chi connectivity index (χ3n) is 2.77. The van der Waals surface area contributed by atoms with E-state index in [-0.39, 0.29) is 18.0 Å². The molecular formula is C15H11BrClFO. The summed E-state index contributed by atoms with van der Waals surface area (Å²) in [5.41, 5.74) is 2.08. The van der Waals surface area contributed by atoms with E-state index in [4.69, 9.17) is 11.6 Å². The second-order valence-electron chi connectivity index (χ2n) is 4.34. The van der Waals surface area contributed by atoms with Crippen LogP contribution in [0.15, 0.2) is 40.9 Å². The van der Waals surface area contributed by atoms with Gasteiger partial charge in [-0.15, -0.1) is 0 Å². The van der Waals surface area contributed by atoms with Crippen molar-refractivity contribution in [1.82, 2.24) is 0 Å². The maximum absolute atomic E-state index is 13.2. The minimum atomic E-state index is -0.357. The highest BCUT2D eigenvalue weighted by Gasteiger charge is 2.10. The van der Waals surface area contributed by atoms with Crippen LogP contribution in [0.5, 0.6) is 0 Å². The molecule has 0 heterocycles. The number of benzene rings is 2. The van der Waals surface area contributed by atoms with Crippen molar-refractivity contribution in [2.24, 2.45) is 0 Å². The highest BCUT2D eigenvalue weighted by atomic mass is 79.9. The smallest absolute Gasteiger partial charge is 0.167 e. The quantitative estimate of drug-likeness (QED) is 0.720. The van der Waals surface area contributed by atoms with Crippen LogP contribution < -0.4 is 0 Å². The number of halogens is 3. The lowest BCUT2D eigenvalue weighted by Gasteiger charge is -2.05. The predicted molar refractivity (Wildman–Crippen MR) is 78.3 cm³/mol. The van der Waals surface area contributed by atoms with Crippen LogP contribution in [0.1, 0.15) is 21.5 Å². The van der Waals surface area contributed by atoms with Gasteiger partial charge in [-0.1, -0.05) is 27.5 Å². The van der Waals surface area contributed by atoms with Crippen LogP contribution in [0.4, 0.5) is 4.39 Å². The van der Waals surface area contributed by atoms with Crippen LogP contribution in [0, 0.1) is 12.7 Å². The summed E-state index contributed by atoms with van der Waals surface area (Å²) in [4.78, 5) is 12.1. The van der Waals surface area contributed by atoms with Crippen molar-refractivity contribution < 1.29 is 9.18 Å². The van der Waals surface area contributed by atoms with Gasteiger partial charge in [0.05, 0.1) is 0 Å². The third kappa shape index (κ3) is 3.64. The first-order valence-corrected chi connectivity index (χ1v) is 6.87. The van der Waals surface area contributed by atoms with Gasteiger partial charge in [-0.25, -0.2) is 4.39 Å². The zero-order valence-electron chi connectivity index (χ0n) is 10.2. The molecular weight excluding hydrogens is 331 g/mol. The summed E-state index contributed by atoms with van der Waals surface area (Å²) in [6, 6.07) is 9.60. The van der Waals surface area contributed by atoms with Gasteiger partial charge in [-0.2, -0.15) is 0 Å². The minimum Gasteiger partial charge on any atom is -0.294 e. The maximum atomic E-state index is 13.2. The zero-order valence-corrected chi connectivity index (χ0v) is 12.6. The molecule has 0 fully saturated rings. The van der Waals surface area contributed by atoms with E-state index in [2.05, 4.69) is 15.9 Å². The van der Waals surface area contributed by atoms with Crippen molar-refractivity contribution in [1.29, 1.82) is 0 Å². The summed E-state index contributed by atoms with van der Waals surface area (Å²) in [6.45, 7) is 1.85. The lowest BCUT2D eigenvalue weighted by molar-refractivity contribution is 0.0993. The van der Waals surface area contributed by atoms with E-state index >= 15 is 0 Å². The Hall–Kier alpha value is -1.19. The number of hydrogen-bond acceptors (Lipinski definition) is 1. The fraction of sp³-hybridized carbons (Fsp3) is 0.133. The van der Waals surface area contributed by atoms with Gasteiger partial charge in [-0.3, -0.25) is 4.79 Å². The monoisotopic (exact) mass is 340 g/mol. The molecule has 0 unspecified atom stereocenters. The summed E-state index contributed by atoms with van der Waals surface area (Å²) in [5, 5.41) is 0.630. The molecule has 2 rings (SSSR count). The molecule has 0 radical (unpaired) electrons. The third-order valence-corrected chi connectivity index (χ3v) is 3.65. The Kier molecular flexibility index (Phi) is 4.38. The van der Waals surface area contributed by atoms with Crippen LogP contribution in [0.3, 0.4) is 0 Å². The molecule has 0 aromatic heterocycles. The molecule has 98 valence electrons. The van der Waals surface area contributed by atoms with Gasteiger partial charge >= 0.3 is 0 Å². The number of carbonyl (C=O) groups is 1. The van der Waals surface area contributed by atoms with Crippen LogP contribution in [0.2, 0.25) is 5.02 Å². The Bertz CT molecular complexity index is 620. The number of rotatable bonds is 3. The van der Waals surface area contributed by atoms with Crippen LogP contribution in [0.25, 0.3) is 0 Å². The highest BCUT2D eigenvalue weighted by molar-refractivity contribution is 9.10. The number of aryl methyl sites for hydroxylation is 1. The van der Waals surface area contributed by atoms with Gasteiger partial charge in [0.15, 0.2) is 5.78 Å². The van der Waals surface area contributed by atoms with E-state index in [1.54, 1.807) is 24.3 Å². The highest BCUT2D eigenvalue weighted by Crippen LogP contribution is 2.19. The fourth-order valence-corrected chi connectivity index (χ4v) is 2.45. The standard InChI is InChI=1S/C15H11BrClFO/c1-9-4-11(2-3-14(9)17)15(19)7-10-5-12(16)8-13(18)6-10/h2-6,8H,7H2,1H3. The summed E-state index contributed by atoms with van der Waals surface area (Å²) in [5.74, 6) is -0.415. The fourth-order valence-electron chi connectivity index (χ4n) is 1.82. The van der Waals surface area contributed by atoms with Crippen molar-refractivity contribution in [2.45, 2.75) is 13.3 Å². The zero-order chi connectivity index (χ0) is 14.0. The average molecular weight is 342 g/mol. The molecule has 0 aliphatic carbocycles. The van der Waals surface area contributed by atoms with E-state index in [1.807, 2.05) is 6.92 Å². The van der Waals surface area contributed by atoms with Crippen molar-refractivity contribution in [3.05, 3.63) is 68.4 Å². The van der Waals surface area contributed by atoms with Crippen LogP contribution >= 0.6 is 27.5 Å². The summed E-state index contributed by atoms with van der Waals surface area (Å²) in [7, 11) is 0. The maximum Gasteiger partial charge on any atom is 0.167 e. The molecule has 0 saturated carbocycles. The number of hydrogen-bond donors (Lipinski definition) is 0. The number of Topliss-reactive ketones (excluding diaryl/α,β-unsaturated/α-hetero) is 1. The summed E-state index contributed by atoms with van der Waals surface area (Å²) >= 11 is 9.13. The van der Waals surface area contributed by atoms with Crippen LogP contribution in [-0.4, -0.2) is 5.78 Å².